The van der Waals surface area contributed by atoms with E-state index in [2.05, 4.69) is 39.7 Å². The van der Waals surface area contributed by atoms with Gasteiger partial charge in [-0.25, -0.2) is 0 Å². The van der Waals surface area contributed by atoms with Crippen LogP contribution in [0.4, 0.5) is 11.5 Å². The quantitative estimate of drug-likeness (QED) is 0.623. The van der Waals surface area contributed by atoms with Crippen LogP contribution in [0.25, 0.3) is 17.0 Å². The van der Waals surface area contributed by atoms with Crippen molar-refractivity contribution in [2.24, 2.45) is 0 Å². The Hall–Kier alpha value is -2.73. The number of hydrogen-bond donors (Lipinski definition) is 1. The summed E-state index contributed by atoms with van der Waals surface area (Å²) in [5.74, 6) is 1.51. The number of nitrogens with one attached hydrogen (secondary N) is 1. The van der Waals surface area contributed by atoms with Gasteiger partial charge in [-0.3, -0.25) is 0 Å². The number of hydrogen-bond acceptors (Lipinski definition) is 5. The Balaban J connectivity index is 1.73. The Morgan fingerprint density at radius 3 is 2.64 bits per heavy atom. The van der Waals surface area contributed by atoms with Gasteiger partial charge in [0.15, 0.2) is 17.3 Å². The summed E-state index contributed by atoms with van der Waals surface area (Å²) in [6.45, 7) is 2.07. The molecule has 0 atom stereocenters. The molecule has 0 spiro atoms. The van der Waals surface area contributed by atoms with Gasteiger partial charge in [0.1, 0.15) is 0 Å². The maximum absolute atomic E-state index is 4.59. The fourth-order valence-corrected chi connectivity index (χ4v) is 2.85. The number of aryl methyl sites for hydroxylation is 1. The second-order valence-electron chi connectivity index (χ2n) is 5.02. The van der Waals surface area contributed by atoms with Crippen molar-refractivity contribution in [3.8, 4) is 11.4 Å². The number of nitrogens with zero attached hydrogens (tertiary/aromatic N) is 4. The number of benzene rings is 1. The maximum Gasteiger partial charge on any atom is 0.186 e. The van der Waals surface area contributed by atoms with Gasteiger partial charge in [-0.15, -0.1) is 15.3 Å². The minimum absolute atomic E-state index is 0.732. The van der Waals surface area contributed by atoms with Gasteiger partial charge in [0.05, 0.1) is 0 Å². The van der Waals surface area contributed by atoms with Gasteiger partial charge in [-0.05, 0) is 42.6 Å². The molecule has 5 nitrogen and oxygen atoms in total. The van der Waals surface area contributed by atoms with E-state index >= 15 is 0 Å². The van der Waals surface area contributed by atoms with Gasteiger partial charge in [0.25, 0.3) is 0 Å². The Morgan fingerprint density at radius 2 is 1.86 bits per heavy atom. The average molecular weight is 307 g/mol. The highest BCUT2D eigenvalue weighted by Gasteiger charge is 2.10. The topological polar surface area (TPSA) is 55.1 Å². The fourth-order valence-electron chi connectivity index (χ4n) is 2.21. The van der Waals surface area contributed by atoms with Crippen molar-refractivity contribution in [1.29, 1.82) is 0 Å². The van der Waals surface area contributed by atoms with E-state index in [0.717, 1.165) is 28.5 Å². The Bertz CT molecular complexity index is 910. The molecule has 3 aromatic heterocycles. The van der Waals surface area contributed by atoms with Crippen LogP contribution < -0.4 is 5.32 Å². The lowest BCUT2D eigenvalue weighted by Crippen LogP contribution is -2.00. The van der Waals surface area contributed by atoms with Crippen LogP contribution in [0, 0.1) is 6.92 Å². The summed E-state index contributed by atoms with van der Waals surface area (Å²) in [6, 6.07) is 14.0. The van der Waals surface area contributed by atoms with Crippen molar-refractivity contribution in [2.75, 3.05) is 5.32 Å². The van der Waals surface area contributed by atoms with Crippen LogP contribution >= 0.6 is 11.3 Å². The molecular weight excluding hydrogens is 294 g/mol. The lowest BCUT2D eigenvalue weighted by Gasteiger charge is -2.06. The van der Waals surface area contributed by atoms with Gasteiger partial charge < -0.3 is 5.32 Å². The Kier molecular flexibility index (Phi) is 3.08. The molecule has 0 saturated carbocycles. The van der Waals surface area contributed by atoms with E-state index in [9.17, 15) is 0 Å². The van der Waals surface area contributed by atoms with E-state index in [0.29, 0.717) is 0 Å². The number of thiophene rings is 1. The molecule has 0 fully saturated rings. The molecule has 0 saturated heterocycles. The smallest absolute Gasteiger partial charge is 0.186 e. The van der Waals surface area contributed by atoms with Crippen LogP contribution in [0.3, 0.4) is 0 Å². The van der Waals surface area contributed by atoms with Crippen LogP contribution in [0.1, 0.15) is 5.56 Å². The minimum Gasteiger partial charge on any atom is -0.339 e. The predicted octanol–water partition coefficient (Wildman–Crippen LogP) is 3.90. The maximum atomic E-state index is 4.59. The Morgan fingerprint density at radius 1 is 1.00 bits per heavy atom. The summed E-state index contributed by atoms with van der Waals surface area (Å²) in [5, 5.41) is 20.3. The zero-order valence-corrected chi connectivity index (χ0v) is 12.7. The summed E-state index contributed by atoms with van der Waals surface area (Å²) < 4.78 is 1.76. The standard InChI is InChI=1S/C16H13N5S/c1-11-2-4-13(5-3-11)17-14-6-7-15-18-19-16(21(15)20-14)12-8-9-22-10-12/h2-10H,1H3,(H,17,20). The molecule has 0 amide bonds. The molecule has 0 unspecified atom stereocenters. The van der Waals surface area contributed by atoms with Crippen LogP contribution in [0.15, 0.2) is 53.2 Å². The van der Waals surface area contributed by atoms with E-state index in [-0.39, 0.29) is 0 Å². The molecule has 4 aromatic rings. The molecule has 0 aliphatic rings. The molecule has 108 valence electrons. The highest BCUT2D eigenvalue weighted by molar-refractivity contribution is 7.08. The molecule has 0 radical (unpaired) electrons. The third kappa shape index (κ3) is 2.33. The van der Waals surface area contributed by atoms with Crippen LogP contribution in [0.2, 0.25) is 0 Å². The van der Waals surface area contributed by atoms with Crippen LogP contribution in [0.5, 0.6) is 0 Å². The molecule has 0 aliphatic heterocycles. The molecule has 1 aromatic carbocycles. The number of anilines is 2. The largest absolute Gasteiger partial charge is 0.339 e. The zero-order chi connectivity index (χ0) is 14.9. The van der Waals surface area contributed by atoms with Crippen molar-refractivity contribution in [2.45, 2.75) is 6.92 Å². The lowest BCUT2D eigenvalue weighted by atomic mass is 10.2. The molecule has 4 rings (SSSR count). The highest BCUT2D eigenvalue weighted by atomic mass is 32.1. The van der Waals surface area contributed by atoms with Crippen molar-refractivity contribution in [3.05, 3.63) is 58.8 Å². The fraction of sp³-hybridized carbons (Fsp3) is 0.0625. The summed E-state index contributed by atoms with van der Waals surface area (Å²) in [5.41, 5.74) is 3.99. The first-order valence-electron chi connectivity index (χ1n) is 6.88. The van der Waals surface area contributed by atoms with Gasteiger partial charge in [0.2, 0.25) is 0 Å². The molecule has 1 N–H and O–H groups in total. The van der Waals surface area contributed by atoms with Crippen molar-refractivity contribution in [1.82, 2.24) is 19.8 Å². The molecule has 22 heavy (non-hydrogen) atoms. The van der Waals surface area contributed by atoms with E-state index in [1.165, 1.54) is 5.56 Å². The van der Waals surface area contributed by atoms with Crippen molar-refractivity contribution in [3.63, 3.8) is 0 Å². The second kappa shape index (κ2) is 5.23. The van der Waals surface area contributed by atoms with E-state index < -0.39 is 0 Å². The number of aromatic nitrogens is 4. The van der Waals surface area contributed by atoms with Crippen LogP contribution in [-0.2, 0) is 0 Å². The summed E-state index contributed by atoms with van der Waals surface area (Å²) in [7, 11) is 0. The van der Waals surface area contributed by atoms with Gasteiger partial charge in [-0.1, -0.05) is 17.7 Å². The zero-order valence-electron chi connectivity index (χ0n) is 11.9. The van der Waals surface area contributed by atoms with Crippen LogP contribution in [-0.4, -0.2) is 19.8 Å². The first-order valence-corrected chi connectivity index (χ1v) is 7.82. The lowest BCUT2D eigenvalue weighted by molar-refractivity contribution is 0.942. The summed E-state index contributed by atoms with van der Waals surface area (Å²) in [6.07, 6.45) is 0. The van der Waals surface area contributed by atoms with Crippen molar-refractivity contribution >= 4 is 28.5 Å². The first-order chi connectivity index (χ1) is 10.8. The third-order valence-electron chi connectivity index (χ3n) is 3.37. The Labute approximate surface area is 131 Å². The highest BCUT2D eigenvalue weighted by Crippen LogP contribution is 2.22. The van der Waals surface area contributed by atoms with Crippen molar-refractivity contribution < 1.29 is 0 Å². The van der Waals surface area contributed by atoms with Gasteiger partial charge in [0, 0.05) is 16.6 Å². The van der Waals surface area contributed by atoms with E-state index in [1.807, 2.05) is 41.1 Å². The summed E-state index contributed by atoms with van der Waals surface area (Å²) in [4.78, 5) is 0. The SMILES string of the molecule is Cc1ccc(Nc2ccc3nnc(-c4ccsc4)n3n2)cc1. The molecule has 3 heterocycles. The van der Waals surface area contributed by atoms with E-state index in [4.69, 9.17) is 0 Å². The number of rotatable bonds is 3. The summed E-state index contributed by atoms with van der Waals surface area (Å²) >= 11 is 1.63. The normalized spacial score (nSPS) is 11.0. The molecule has 0 aliphatic carbocycles. The molecule has 0 bridgehead atoms. The average Bonchev–Trinajstić information content (AvgIpc) is 3.18. The van der Waals surface area contributed by atoms with Gasteiger partial charge in [-0.2, -0.15) is 15.9 Å². The molecular formula is C16H13N5S. The molecule has 6 heteroatoms. The van der Waals surface area contributed by atoms with Gasteiger partial charge >= 0.3 is 0 Å². The monoisotopic (exact) mass is 307 g/mol. The third-order valence-corrected chi connectivity index (χ3v) is 4.05. The predicted molar refractivity (Wildman–Crippen MR) is 88.6 cm³/mol. The van der Waals surface area contributed by atoms with E-state index in [1.54, 1.807) is 15.9 Å². The first kappa shape index (κ1) is 13.0. The second-order valence-corrected chi connectivity index (χ2v) is 5.80. The minimum atomic E-state index is 0.732. The number of fused-ring (bicyclic) bond motifs is 1.